The Morgan fingerprint density at radius 1 is 0.962 bits per heavy atom. The van der Waals surface area contributed by atoms with Gasteiger partial charge in [-0.15, -0.1) is 0 Å². The van der Waals surface area contributed by atoms with Crippen molar-refractivity contribution in [2.75, 3.05) is 7.11 Å². The number of rotatable bonds is 6. The van der Waals surface area contributed by atoms with Crippen molar-refractivity contribution in [2.45, 2.75) is 13.5 Å². The maximum atomic E-state index is 6.34. The Bertz CT molecular complexity index is 887. The smallest absolute Gasteiger partial charge is 0.138 e. The molecule has 0 radical (unpaired) electrons. The average Bonchev–Trinajstić information content (AvgIpc) is 2.67. The number of aryl methyl sites for hydroxylation is 1. The average molecular weight is 366 g/mol. The highest BCUT2D eigenvalue weighted by molar-refractivity contribution is 6.32. The van der Waals surface area contributed by atoms with E-state index in [0.29, 0.717) is 17.4 Å². The minimum atomic E-state index is 0.485. The second kappa shape index (κ2) is 8.54. The van der Waals surface area contributed by atoms with E-state index in [1.54, 1.807) is 13.3 Å². The third-order valence-corrected chi connectivity index (χ3v) is 4.20. The Balaban J connectivity index is 1.64. The van der Waals surface area contributed by atoms with Crippen LogP contribution >= 0.6 is 11.6 Å². The monoisotopic (exact) mass is 365 g/mol. The minimum absolute atomic E-state index is 0.485. The van der Waals surface area contributed by atoms with Crippen molar-refractivity contribution < 1.29 is 9.47 Å². The fourth-order valence-electron chi connectivity index (χ4n) is 2.38. The molecule has 0 aliphatic heterocycles. The molecular formula is C22H20ClNO2. The number of methoxy groups -OCH3 is 1. The van der Waals surface area contributed by atoms with Crippen LogP contribution in [0, 0.1) is 6.92 Å². The zero-order valence-electron chi connectivity index (χ0n) is 14.8. The predicted octanol–water partition coefficient (Wildman–Crippen LogP) is 5.99. The SMILES string of the molecule is COc1ccc(N=Cc2ccc(OCc3ccc(C)cc3)c(Cl)c2)cc1. The van der Waals surface area contributed by atoms with Crippen LogP contribution in [0.2, 0.25) is 5.02 Å². The summed E-state index contributed by atoms with van der Waals surface area (Å²) in [5, 5.41) is 0.566. The number of aliphatic imine (C=N–C) groups is 1. The summed E-state index contributed by atoms with van der Waals surface area (Å²) in [6.07, 6.45) is 1.78. The molecule has 0 heterocycles. The van der Waals surface area contributed by atoms with Gasteiger partial charge in [-0.1, -0.05) is 41.4 Å². The Morgan fingerprint density at radius 2 is 1.69 bits per heavy atom. The lowest BCUT2D eigenvalue weighted by atomic mass is 10.2. The zero-order valence-corrected chi connectivity index (χ0v) is 15.5. The van der Waals surface area contributed by atoms with Crippen LogP contribution in [0.3, 0.4) is 0 Å². The highest BCUT2D eigenvalue weighted by Gasteiger charge is 2.03. The molecule has 0 saturated heterocycles. The lowest BCUT2D eigenvalue weighted by Crippen LogP contribution is -1.96. The summed E-state index contributed by atoms with van der Waals surface area (Å²) in [5.74, 6) is 1.47. The van der Waals surface area contributed by atoms with Crippen molar-refractivity contribution in [3.05, 3.63) is 88.4 Å². The molecule has 3 aromatic rings. The highest BCUT2D eigenvalue weighted by Crippen LogP contribution is 2.26. The van der Waals surface area contributed by atoms with Crippen molar-refractivity contribution in [3.63, 3.8) is 0 Å². The van der Waals surface area contributed by atoms with Crippen LogP contribution in [0.25, 0.3) is 0 Å². The summed E-state index contributed by atoms with van der Waals surface area (Å²) < 4.78 is 11.0. The minimum Gasteiger partial charge on any atom is -0.497 e. The number of hydrogen-bond donors (Lipinski definition) is 0. The van der Waals surface area contributed by atoms with Gasteiger partial charge in [0.25, 0.3) is 0 Å². The second-order valence-electron chi connectivity index (χ2n) is 5.92. The van der Waals surface area contributed by atoms with Crippen molar-refractivity contribution in [1.29, 1.82) is 0 Å². The van der Waals surface area contributed by atoms with Crippen molar-refractivity contribution in [3.8, 4) is 11.5 Å². The van der Waals surface area contributed by atoms with Crippen LogP contribution in [-0.2, 0) is 6.61 Å². The molecule has 3 nitrogen and oxygen atoms in total. The Kier molecular flexibility index (Phi) is 5.92. The predicted molar refractivity (Wildman–Crippen MR) is 107 cm³/mol. The van der Waals surface area contributed by atoms with Gasteiger partial charge in [0, 0.05) is 6.21 Å². The van der Waals surface area contributed by atoms with Crippen LogP contribution < -0.4 is 9.47 Å². The quantitative estimate of drug-likeness (QED) is 0.502. The standard InChI is InChI=1S/C22H20ClNO2/c1-16-3-5-17(6-4-16)15-26-22-12-7-18(13-21(22)23)14-24-19-8-10-20(25-2)11-9-19/h3-14H,15H2,1-2H3. The maximum Gasteiger partial charge on any atom is 0.138 e. The van der Waals surface area contributed by atoms with Gasteiger partial charge < -0.3 is 9.47 Å². The Labute approximate surface area is 158 Å². The first-order valence-electron chi connectivity index (χ1n) is 8.30. The third kappa shape index (κ3) is 4.87. The molecule has 0 atom stereocenters. The van der Waals surface area contributed by atoms with Crippen LogP contribution in [0.4, 0.5) is 5.69 Å². The molecule has 0 fully saturated rings. The normalized spacial score (nSPS) is 10.9. The van der Waals surface area contributed by atoms with Gasteiger partial charge in [-0.25, -0.2) is 0 Å². The van der Waals surface area contributed by atoms with E-state index in [2.05, 4.69) is 36.2 Å². The third-order valence-electron chi connectivity index (χ3n) is 3.91. The van der Waals surface area contributed by atoms with Gasteiger partial charge in [0.05, 0.1) is 17.8 Å². The largest absolute Gasteiger partial charge is 0.497 e. The first-order chi connectivity index (χ1) is 12.6. The molecule has 0 amide bonds. The molecule has 0 aliphatic carbocycles. The molecule has 26 heavy (non-hydrogen) atoms. The van der Waals surface area contributed by atoms with Gasteiger partial charge in [0.1, 0.15) is 18.1 Å². The van der Waals surface area contributed by atoms with E-state index in [-0.39, 0.29) is 0 Å². The summed E-state index contributed by atoms with van der Waals surface area (Å²) in [6.45, 7) is 2.55. The van der Waals surface area contributed by atoms with Gasteiger partial charge >= 0.3 is 0 Å². The van der Waals surface area contributed by atoms with Gasteiger partial charge in [-0.2, -0.15) is 0 Å². The Morgan fingerprint density at radius 3 is 2.35 bits per heavy atom. The molecule has 0 aromatic heterocycles. The van der Waals surface area contributed by atoms with E-state index in [4.69, 9.17) is 21.1 Å². The van der Waals surface area contributed by atoms with E-state index >= 15 is 0 Å². The van der Waals surface area contributed by atoms with Gasteiger partial charge in [0.15, 0.2) is 0 Å². The van der Waals surface area contributed by atoms with E-state index in [9.17, 15) is 0 Å². The highest BCUT2D eigenvalue weighted by atomic mass is 35.5. The lowest BCUT2D eigenvalue weighted by Gasteiger charge is -2.09. The molecule has 0 bridgehead atoms. The van der Waals surface area contributed by atoms with E-state index in [1.807, 2.05) is 42.5 Å². The van der Waals surface area contributed by atoms with Crippen LogP contribution in [0.15, 0.2) is 71.7 Å². The van der Waals surface area contributed by atoms with Crippen molar-refractivity contribution >= 4 is 23.5 Å². The van der Waals surface area contributed by atoms with Crippen molar-refractivity contribution in [2.24, 2.45) is 4.99 Å². The molecule has 0 N–H and O–H groups in total. The summed E-state index contributed by atoms with van der Waals surface area (Å²) in [7, 11) is 1.64. The van der Waals surface area contributed by atoms with Crippen molar-refractivity contribution in [1.82, 2.24) is 0 Å². The van der Waals surface area contributed by atoms with Crippen LogP contribution in [0.1, 0.15) is 16.7 Å². The maximum absolute atomic E-state index is 6.34. The zero-order chi connectivity index (χ0) is 18.4. The van der Waals surface area contributed by atoms with E-state index in [0.717, 1.165) is 22.6 Å². The molecule has 0 aliphatic rings. The number of ether oxygens (including phenoxy) is 2. The summed E-state index contributed by atoms with van der Waals surface area (Å²) >= 11 is 6.34. The van der Waals surface area contributed by atoms with E-state index in [1.165, 1.54) is 5.56 Å². The summed E-state index contributed by atoms with van der Waals surface area (Å²) in [4.78, 5) is 4.44. The molecule has 0 saturated carbocycles. The fourth-order valence-corrected chi connectivity index (χ4v) is 2.62. The van der Waals surface area contributed by atoms with Crippen LogP contribution in [0.5, 0.6) is 11.5 Å². The van der Waals surface area contributed by atoms with Gasteiger partial charge in [-0.05, 0) is 60.5 Å². The molecule has 0 spiro atoms. The van der Waals surface area contributed by atoms with E-state index < -0.39 is 0 Å². The molecule has 4 heteroatoms. The molecule has 132 valence electrons. The summed E-state index contributed by atoms with van der Waals surface area (Å²) in [5.41, 5.74) is 4.10. The van der Waals surface area contributed by atoms with Crippen LogP contribution in [-0.4, -0.2) is 13.3 Å². The molecule has 3 rings (SSSR count). The van der Waals surface area contributed by atoms with Gasteiger partial charge in [0.2, 0.25) is 0 Å². The molecule has 0 unspecified atom stereocenters. The topological polar surface area (TPSA) is 30.8 Å². The number of benzene rings is 3. The molecular weight excluding hydrogens is 346 g/mol. The Hall–Kier alpha value is -2.78. The van der Waals surface area contributed by atoms with Gasteiger partial charge in [-0.3, -0.25) is 4.99 Å². The molecule has 3 aromatic carbocycles. The number of hydrogen-bond acceptors (Lipinski definition) is 3. The number of halogens is 1. The fraction of sp³-hybridized carbons (Fsp3) is 0.136. The lowest BCUT2D eigenvalue weighted by molar-refractivity contribution is 0.306. The second-order valence-corrected chi connectivity index (χ2v) is 6.33. The number of nitrogens with zero attached hydrogens (tertiary/aromatic N) is 1. The summed E-state index contributed by atoms with van der Waals surface area (Å²) in [6, 6.07) is 21.4. The first-order valence-corrected chi connectivity index (χ1v) is 8.68. The first kappa shape index (κ1) is 18.0.